The van der Waals surface area contributed by atoms with Crippen molar-refractivity contribution in [3.05, 3.63) is 17.8 Å². The van der Waals surface area contributed by atoms with E-state index in [2.05, 4.69) is 28.9 Å². The Morgan fingerprint density at radius 3 is 2.76 bits per heavy atom. The average molecular weight is 308 g/mol. The zero-order valence-electron chi connectivity index (χ0n) is 12.5. The summed E-state index contributed by atoms with van der Waals surface area (Å²) < 4.78 is 45.6. The van der Waals surface area contributed by atoms with Gasteiger partial charge in [-0.3, -0.25) is 0 Å². The number of aromatic nitrogens is 1. The molecule has 0 amide bonds. The predicted octanol–water partition coefficient (Wildman–Crippen LogP) is 2.97. The van der Waals surface area contributed by atoms with Gasteiger partial charge in [0, 0.05) is 12.8 Å². The normalized spacial score (nSPS) is 12.3. The molecule has 0 bridgehead atoms. The van der Waals surface area contributed by atoms with Gasteiger partial charge in [-0.2, -0.15) is 13.2 Å². The fourth-order valence-electron chi connectivity index (χ4n) is 1.70. The molecule has 0 saturated heterocycles. The lowest BCUT2D eigenvalue weighted by atomic mass is 10.2. The second-order valence-electron chi connectivity index (χ2n) is 5.34. The van der Waals surface area contributed by atoms with Crippen LogP contribution in [-0.2, 0) is 17.6 Å². The summed E-state index contributed by atoms with van der Waals surface area (Å²) in [5, 5.41) is 3.32. The van der Waals surface area contributed by atoms with Crippen LogP contribution in [0.4, 0.5) is 13.2 Å². The molecule has 0 atom stereocenters. The molecule has 21 heavy (non-hydrogen) atoms. The third-order valence-electron chi connectivity index (χ3n) is 2.66. The van der Waals surface area contributed by atoms with Gasteiger partial charge in [0.15, 0.2) is 5.89 Å². The van der Waals surface area contributed by atoms with Crippen molar-refractivity contribution in [3.63, 3.8) is 0 Å². The van der Waals surface area contributed by atoms with E-state index >= 15 is 0 Å². The van der Waals surface area contributed by atoms with Crippen molar-refractivity contribution >= 4 is 0 Å². The minimum atomic E-state index is -4.28. The molecule has 0 fully saturated rings. The Kier molecular flexibility index (Phi) is 7.74. The van der Waals surface area contributed by atoms with E-state index in [0.717, 1.165) is 19.5 Å². The van der Waals surface area contributed by atoms with Crippen molar-refractivity contribution in [2.75, 3.05) is 26.3 Å². The zero-order chi connectivity index (χ0) is 15.7. The van der Waals surface area contributed by atoms with Gasteiger partial charge in [-0.1, -0.05) is 13.8 Å². The highest BCUT2D eigenvalue weighted by molar-refractivity contribution is 4.94. The minimum absolute atomic E-state index is 0.0237. The average Bonchev–Trinajstić information content (AvgIpc) is 2.81. The van der Waals surface area contributed by atoms with E-state index in [9.17, 15) is 13.2 Å². The van der Waals surface area contributed by atoms with Crippen LogP contribution >= 0.6 is 0 Å². The van der Waals surface area contributed by atoms with E-state index in [1.54, 1.807) is 6.20 Å². The number of nitrogens with one attached hydrogen (secondary N) is 1. The molecule has 0 aliphatic rings. The van der Waals surface area contributed by atoms with E-state index in [-0.39, 0.29) is 6.61 Å². The summed E-state index contributed by atoms with van der Waals surface area (Å²) in [5.74, 6) is 1.80. The van der Waals surface area contributed by atoms with Crippen LogP contribution in [0.15, 0.2) is 10.6 Å². The topological polar surface area (TPSA) is 47.3 Å². The van der Waals surface area contributed by atoms with Crippen LogP contribution in [0.25, 0.3) is 0 Å². The Bertz CT molecular complexity index is 392. The highest BCUT2D eigenvalue weighted by atomic mass is 19.4. The van der Waals surface area contributed by atoms with Crippen molar-refractivity contribution in [3.8, 4) is 0 Å². The van der Waals surface area contributed by atoms with E-state index in [0.29, 0.717) is 30.4 Å². The first-order chi connectivity index (χ1) is 9.87. The van der Waals surface area contributed by atoms with E-state index in [4.69, 9.17) is 4.42 Å². The Balaban J connectivity index is 2.12. The lowest BCUT2D eigenvalue weighted by Gasteiger charge is -2.06. The Hall–Kier alpha value is -1.08. The standard InChI is InChI=1S/C14H23F3N2O2/c1-11(2)8-18-6-3-4-13-19-9-12(21-13)5-7-20-10-14(15,16)17/h9,11,18H,3-8,10H2,1-2H3. The van der Waals surface area contributed by atoms with Crippen molar-refractivity contribution in [2.24, 2.45) is 5.92 Å². The molecule has 4 nitrogen and oxygen atoms in total. The Labute approximate surface area is 123 Å². The molecule has 1 rings (SSSR count). The Morgan fingerprint density at radius 2 is 2.10 bits per heavy atom. The molecule has 0 saturated carbocycles. The summed E-state index contributed by atoms with van der Waals surface area (Å²) in [6.45, 7) is 4.92. The summed E-state index contributed by atoms with van der Waals surface area (Å²) >= 11 is 0. The summed E-state index contributed by atoms with van der Waals surface area (Å²) in [6, 6.07) is 0. The number of hydrogen-bond donors (Lipinski definition) is 1. The summed E-state index contributed by atoms with van der Waals surface area (Å²) in [7, 11) is 0. The number of hydrogen-bond acceptors (Lipinski definition) is 4. The molecule has 0 spiro atoms. The highest BCUT2D eigenvalue weighted by Crippen LogP contribution is 2.14. The monoisotopic (exact) mass is 308 g/mol. The van der Waals surface area contributed by atoms with Crippen LogP contribution in [0.2, 0.25) is 0 Å². The lowest BCUT2D eigenvalue weighted by Crippen LogP contribution is -2.21. The molecule has 0 aliphatic heterocycles. The van der Waals surface area contributed by atoms with Gasteiger partial charge in [0.2, 0.25) is 0 Å². The highest BCUT2D eigenvalue weighted by Gasteiger charge is 2.27. The summed E-state index contributed by atoms with van der Waals surface area (Å²) in [6.07, 6.45) is -0.802. The SMILES string of the molecule is CC(C)CNCCCc1ncc(CCOCC(F)(F)F)o1. The number of alkyl halides is 3. The largest absolute Gasteiger partial charge is 0.446 e. The summed E-state index contributed by atoms with van der Waals surface area (Å²) in [4.78, 5) is 4.10. The smallest absolute Gasteiger partial charge is 0.411 e. The molecule has 0 aliphatic carbocycles. The number of halogens is 3. The maximum Gasteiger partial charge on any atom is 0.411 e. The first kappa shape index (κ1) is 18.0. The first-order valence-electron chi connectivity index (χ1n) is 7.15. The second-order valence-corrected chi connectivity index (χ2v) is 5.34. The first-order valence-corrected chi connectivity index (χ1v) is 7.15. The number of aryl methyl sites for hydroxylation is 1. The molecule has 122 valence electrons. The van der Waals surface area contributed by atoms with E-state index in [1.807, 2.05) is 0 Å². The number of rotatable bonds is 10. The number of ether oxygens (including phenoxy) is 1. The van der Waals surface area contributed by atoms with Crippen molar-refractivity contribution in [2.45, 2.75) is 39.3 Å². The quantitative estimate of drug-likeness (QED) is 0.675. The van der Waals surface area contributed by atoms with Crippen LogP contribution < -0.4 is 5.32 Å². The van der Waals surface area contributed by atoms with Crippen molar-refractivity contribution in [1.29, 1.82) is 0 Å². The minimum Gasteiger partial charge on any atom is -0.446 e. The van der Waals surface area contributed by atoms with Gasteiger partial charge in [0.1, 0.15) is 12.4 Å². The van der Waals surface area contributed by atoms with Crippen LogP contribution in [-0.4, -0.2) is 37.5 Å². The molecule has 1 N–H and O–H groups in total. The third-order valence-corrected chi connectivity index (χ3v) is 2.66. The molecule has 1 aromatic heterocycles. The van der Waals surface area contributed by atoms with Crippen molar-refractivity contribution in [1.82, 2.24) is 10.3 Å². The fourth-order valence-corrected chi connectivity index (χ4v) is 1.70. The van der Waals surface area contributed by atoms with Gasteiger partial charge in [-0.15, -0.1) is 0 Å². The molecule has 0 unspecified atom stereocenters. The predicted molar refractivity (Wildman–Crippen MR) is 73.1 cm³/mol. The van der Waals surface area contributed by atoms with Crippen LogP contribution in [0.5, 0.6) is 0 Å². The Morgan fingerprint density at radius 1 is 1.33 bits per heavy atom. The van der Waals surface area contributed by atoms with Crippen molar-refractivity contribution < 1.29 is 22.3 Å². The molecule has 0 aromatic carbocycles. The van der Waals surface area contributed by atoms with Gasteiger partial charge < -0.3 is 14.5 Å². The molecule has 1 heterocycles. The molecule has 1 aromatic rings. The van der Waals surface area contributed by atoms with E-state index < -0.39 is 12.8 Å². The maximum absolute atomic E-state index is 11.9. The van der Waals surface area contributed by atoms with Crippen LogP contribution in [0.1, 0.15) is 31.9 Å². The van der Waals surface area contributed by atoms with Crippen LogP contribution in [0.3, 0.4) is 0 Å². The second kappa shape index (κ2) is 9.04. The van der Waals surface area contributed by atoms with Gasteiger partial charge in [0.05, 0.1) is 12.8 Å². The van der Waals surface area contributed by atoms with Gasteiger partial charge in [-0.25, -0.2) is 4.98 Å². The van der Waals surface area contributed by atoms with E-state index in [1.165, 1.54) is 0 Å². The molecular weight excluding hydrogens is 285 g/mol. The lowest BCUT2D eigenvalue weighted by molar-refractivity contribution is -0.173. The zero-order valence-corrected chi connectivity index (χ0v) is 12.5. The molecule has 0 radical (unpaired) electrons. The van der Waals surface area contributed by atoms with Gasteiger partial charge in [-0.05, 0) is 25.4 Å². The molecule has 7 heteroatoms. The van der Waals surface area contributed by atoms with Gasteiger partial charge >= 0.3 is 6.18 Å². The van der Waals surface area contributed by atoms with Gasteiger partial charge in [0.25, 0.3) is 0 Å². The fraction of sp³-hybridized carbons (Fsp3) is 0.786. The summed E-state index contributed by atoms with van der Waals surface area (Å²) in [5.41, 5.74) is 0. The maximum atomic E-state index is 11.9. The third kappa shape index (κ3) is 9.47. The number of oxazole rings is 1. The molecular formula is C14H23F3N2O2. The van der Waals surface area contributed by atoms with Crippen LogP contribution in [0, 0.1) is 5.92 Å². The number of nitrogens with zero attached hydrogens (tertiary/aromatic N) is 1.